The van der Waals surface area contributed by atoms with E-state index in [1.807, 2.05) is 24.3 Å². The summed E-state index contributed by atoms with van der Waals surface area (Å²) in [6.45, 7) is 3.76. The van der Waals surface area contributed by atoms with Gasteiger partial charge in [-0.3, -0.25) is 19.3 Å². The van der Waals surface area contributed by atoms with Crippen LogP contribution in [0.5, 0.6) is 0 Å². The molecule has 0 atom stereocenters. The number of carbonyl (C=O) groups is 3. The van der Waals surface area contributed by atoms with Gasteiger partial charge in [-0.1, -0.05) is 44.2 Å². The van der Waals surface area contributed by atoms with Crippen LogP contribution in [0.15, 0.2) is 53.4 Å². The summed E-state index contributed by atoms with van der Waals surface area (Å²) < 4.78 is 13.2. The Kier molecular flexibility index (Phi) is 5.94. The van der Waals surface area contributed by atoms with E-state index in [4.69, 9.17) is 0 Å². The van der Waals surface area contributed by atoms with Gasteiger partial charge in [-0.25, -0.2) is 4.39 Å². The zero-order valence-corrected chi connectivity index (χ0v) is 16.3. The number of nitrogens with one attached hydrogen (secondary N) is 1. The quantitative estimate of drug-likeness (QED) is 0.746. The highest BCUT2D eigenvalue weighted by molar-refractivity contribution is 8.18. The molecule has 0 bridgehead atoms. The molecular formula is C21H19FN2O3S. The number of anilines is 1. The number of rotatable bonds is 5. The molecule has 1 aliphatic rings. The molecule has 28 heavy (non-hydrogen) atoms. The Balaban J connectivity index is 1.68. The number of carbonyl (C=O) groups excluding carboxylic acids is 3. The topological polar surface area (TPSA) is 66.5 Å². The Bertz CT molecular complexity index is 954. The fourth-order valence-corrected chi connectivity index (χ4v) is 3.51. The Labute approximate surface area is 166 Å². The average Bonchev–Trinajstić information content (AvgIpc) is 2.89. The van der Waals surface area contributed by atoms with Crippen molar-refractivity contribution in [2.24, 2.45) is 0 Å². The van der Waals surface area contributed by atoms with Gasteiger partial charge in [0.25, 0.3) is 11.1 Å². The number of imide groups is 1. The van der Waals surface area contributed by atoms with E-state index >= 15 is 0 Å². The molecular weight excluding hydrogens is 379 g/mol. The maximum atomic E-state index is 13.2. The van der Waals surface area contributed by atoms with E-state index in [0.717, 1.165) is 28.3 Å². The molecule has 7 heteroatoms. The lowest BCUT2D eigenvalue weighted by molar-refractivity contribution is -0.127. The van der Waals surface area contributed by atoms with Crippen molar-refractivity contribution < 1.29 is 18.8 Å². The lowest BCUT2D eigenvalue weighted by atomic mass is 10.0. The lowest BCUT2D eigenvalue weighted by Crippen LogP contribution is -2.36. The number of hydrogen-bond donors (Lipinski definition) is 1. The second-order valence-corrected chi connectivity index (χ2v) is 7.64. The van der Waals surface area contributed by atoms with Crippen molar-refractivity contribution in [3.8, 4) is 0 Å². The Morgan fingerprint density at radius 3 is 2.54 bits per heavy atom. The number of hydrogen-bond acceptors (Lipinski definition) is 4. The van der Waals surface area contributed by atoms with Crippen molar-refractivity contribution in [1.82, 2.24) is 4.90 Å². The second-order valence-electron chi connectivity index (χ2n) is 6.65. The molecule has 2 aromatic rings. The largest absolute Gasteiger partial charge is 0.324 e. The maximum Gasteiger partial charge on any atom is 0.294 e. The van der Waals surface area contributed by atoms with Crippen molar-refractivity contribution in [3.05, 3.63) is 70.4 Å². The molecule has 0 radical (unpaired) electrons. The number of thioether (sulfide) groups is 1. The van der Waals surface area contributed by atoms with Crippen LogP contribution in [0.25, 0.3) is 6.08 Å². The number of benzene rings is 2. The monoisotopic (exact) mass is 398 g/mol. The molecule has 144 valence electrons. The van der Waals surface area contributed by atoms with Crippen molar-refractivity contribution in [2.75, 3.05) is 11.9 Å². The van der Waals surface area contributed by atoms with Gasteiger partial charge in [0, 0.05) is 5.69 Å². The molecule has 2 aromatic carbocycles. The van der Waals surface area contributed by atoms with E-state index in [1.165, 1.54) is 23.8 Å². The van der Waals surface area contributed by atoms with Gasteiger partial charge in [-0.2, -0.15) is 0 Å². The number of nitrogens with zero attached hydrogens (tertiary/aromatic N) is 1. The van der Waals surface area contributed by atoms with Crippen molar-refractivity contribution >= 4 is 40.6 Å². The Morgan fingerprint density at radius 1 is 1.18 bits per heavy atom. The van der Waals surface area contributed by atoms with Crippen LogP contribution < -0.4 is 5.32 Å². The third-order valence-corrected chi connectivity index (χ3v) is 5.09. The smallest absolute Gasteiger partial charge is 0.294 e. The van der Waals surface area contributed by atoms with Gasteiger partial charge in [0.05, 0.1) is 4.91 Å². The van der Waals surface area contributed by atoms with Crippen LogP contribution in [0.3, 0.4) is 0 Å². The van der Waals surface area contributed by atoms with Crippen LogP contribution in [0.4, 0.5) is 14.9 Å². The normalized spacial score (nSPS) is 15.6. The van der Waals surface area contributed by atoms with Crippen molar-refractivity contribution in [3.63, 3.8) is 0 Å². The fourth-order valence-electron chi connectivity index (χ4n) is 2.68. The molecule has 0 aliphatic carbocycles. The van der Waals surface area contributed by atoms with E-state index in [-0.39, 0.29) is 10.6 Å². The zero-order chi connectivity index (χ0) is 20.3. The van der Waals surface area contributed by atoms with Crippen LogP contribution in [-0.4, -0.2) is 28.5 Å². The highest BCUT2D eigenvalue weighted by Gasteiger charge is 2.36. The highest BCUT2D eigenvalue weighted by atomic mass is 32.2. The summed E-state index contributed by atoms with van der Waals surface area (Å²) in [5, 5.41) is 1.97. The van der Waals surface area contributed by atoms with Gasteiger partial charge >= 0.3 is 0 Å². The minimum Gasteiger partial charge on any atom is -0.324 e. The van der Waals surface area contributed by atoms with Crippen LogP contribution in [-0.2, 0) is 9.59 Å². The van der Waals surface area contributed by atoms with E-state index in [9.17, 15) is 18.8 Å². The van der Waals surface area contributed by atoms with Gasteiger partial charge in [-0.15, -0.1) is 0 Å². The first kappa shape index (κ1) is 19.8. The van der Waals surface area contributed by atoms with E-state index in [0.29, 0.717) is 5.92 Å². The maximum absolute atomic E-state index is 13.2. The Hall–Kier alpha value is -2.93. The minimum absolute atomic E-state index is 0.262. The van der Waals surface area contributed by atoms with Crippen molar-refractivity contribution in [2.45, 2.75) is 19.8 Å². The summed E-state index contributed by atoms with van der Waals surface area (Å²) in [6.07, 6.45) is 1.64. The molecule has 3 rings (SSSR count). The molecule has 0 unspecified atom stereocenters. The van der Waals surface area contributed by atoms with E-state index in [2.05, 4.69) is 19.2 Å². The summed E-state index contributed by atoms with van der Waals surface area (Å²) in [6, 6.07) is 13.1. The van der Waals surface area contributed by atoms with Crippen LogP contribution in [0.2, 0.25) is 0 Å². The molecule has 5 nitrogen and oxygen atoms in total. The predicted octanol–water partition coefficient (Wildman–Crippen LogP) is 4.62. The first-order valence-corrected chi connectivity index (χ1v) is 9.56. The summed E-state index contributed by atoms with van der Waals surface area (Å²) in [5.74, 6) is -1.18. The number of amides is 3. The lowest BCUT2D eigenvalue weighted by Gasteiger charge is -2.12. The highest BCUT2D eigenvalue weighted by Crippen LogP contribution is 2.32. The van der Waals surface area contributed by atoms with Crippen LogP contribution in [0, 0.1) is 5.82 Å². The molecule has 3 amide bonds. The summed E-state index contributed by atoms with van der Waals surface area (Å²) >= 11 is 0.796. The van der Waals surface area contributed by atoms with Gasteiger partial charge in [0.15, 0.2) is 0 Å². The predicted molar refractivity (Wildman–Crippen MR) is 108 cm³/mol. The van der Waals surface area contributed by atoms with E-state index in [1.54, 1.807) is 6.08 Å². The van der Waals surface area contributed by atoms with E-state index < -0.39 is 29.4 Å². The molecule has 1 aliphatic heterocycles. The summed E-state index contributed by atoms with van der Waals surface area (Å²) in [7, 11) is 0. The molecule has 1 heterocycles. The Morgan fingerprint density at radius 2 is 1.89 bits per heavy atom. The summed E-state index contributed by atoms with van der Waals surface area (Å²) in [5.41, 5.74) is 2.25. The standard InChI is InChI=1S/C21H19FN2O3S/c1-13(2)15-8-6-14(7-9-15)10-18-20(26)24(21(27)28-18)12-19(25)23-17-5-3-4-16(22)11-17/h3-11,13H,12H2,1-2H3,(H,23,25)/b18-10+. The minimum atomic E-state index is -0.574. The van der Waals surface area contributed by atoms with Crippen LogP contribution in [0.1, 0.15) is 30.9 Å². The van der Waals surface area contributed by atoms with Crippen molar-refractivity contribution in [1.29, 1.82) is 0 Å². The molecule has 0 spiro atoms. The third kappa shape index (κ3) is 4.67. The van der Waals surface area contributed by atoms with Gasteiger partial charge in [0.1, 0.15) is 12.4 Å². The first-order valence-electron chi connectivity index (χ1n) is 8.74. The SMILES string of the molecule is CC(C)c1ccc(/C=C2/SC(=O)N(CC(=O)Nc3cccc(F)c3)C2=O)cc1. The fraction of sp³-hybridized carbons (Fsp3) is 0.190. The molecule has 0 aromatic heterocycles. The zero-order valence-electron chi connectivity index (χ0n) is 15.4. The van der Waals surface area contributed by atoms with Gasteiger partial charge in [0.2, 0.25) is 5.91 Å². The molecule has 1 N–H and O–H groups in total. The van der Waals surface area contributed by atoms with Gasteiger partial charge in [-0.05, 0) is 53.1 Å². The van der Waals surface area contributed by atoms with Crippen LogP contribution >= 0.6 is 11.8 Å². The average molecular weight is 398 g/mol. The number of halogens is 1. The molecule has 1 saturated heterocycles. The molecule has 1 fully saturated rings. The second kappa shape index (κ2) is 8.39. The first-order chi connectivity index (χ1) is 13.3. The molecule has 0 saturated carbocycles. The third-order valence-electron chi connectivity index (χ3n) is 4.18. The summed E-state index contributed by atoms with van der Waals surface area (Å²) in [4.78, 5) is 37.9. The van der Waals surface area contributed by atoms with Gasteiger partial charge < -0.3 is 5.32 Å².